The first-order chi connectivity index (χ1) is 13.9. The molecule has 0 atom stereocenters. The van der Waals surface area contributed by atoms with Gasteiger partial charge in [-0.2, -0.15) is 13.2 Å². The number of nitrogens with one attached hydrogen (secondary N) is 1. The van der Waals surface area contributed by atoms with Crippen LogP contribution in [0.4, 0.5) is 13.2 Å². The molecule has 0 amide bonds. The summed E-state index contributed by atoms with van der Waals surface area (Å²) in [6.07, 6.45) is -1.45. The predicted molar refractivity (Wildman–Crippen MR) is 115 cm³/mol. The number of piperazine rings is 1. The Bertz CT molecular complexity index is 795. The van der Waals surface area contributed by atoms with Crippen LogP contribution in [0.15, 0.2) is 40.2 Å². The highest BCUT2D eigenvalue weighted by molar-refractivity contribution is 14.0. The Morgan fingerprint density at radius 2 is 2.03 bits per heavy atom. The van der Waals surface area contributed by atoms with E-state index in [1.807, 2.05) is 6.07 Å². The van der Waals surface area contributed by atoms with Crippen molar-refractivity contribution in [2.45, 2.75) is 19.3 Å². The number of hydrogen-bond acceptors (Lipinski definition) is 6. The van der Waals surface area contributed by atoms with Gasteiger partial charge in [-0.1, -0.05) is 11.2 Å². The highest BCUT2D eigenvalue weighted by Crippen LogP contribution is 2.20. The first-order valence-corrected chi connectivity index (χ1v) is 9.15. The van der Waals surface area contributed by atoms with Crippen molar-refractivity contribution in [3.8, 4) is 5.88 Å². The number of nitrogens with zero attached hydrogens (tertiary/aromatic N) is 5. The number of guanidine groups is 1. The summed E-state index contributed by atoms with van der Waals surface area (Å²) in [6, 6.07) is 5.18. The highest BCUT2D eigenvalue weighted by Gasteiger charge is 2.29. The lowest BCUT2D eigenvalue weighted by molar-refractivity contribution is -0.154. The number of alkyl halides is 3. The minimum absolute atomic E-state index is 0. The number of aromatic nitrogens is 2. The summed E-state index contributed by atoms with van der Waals surface area (Å²) < 4.78 is 47.0. The number of rotatable bonds is 6. The maximum absolute atomic E-state index is 12.4. The Balaban J connectivity index is 0.00000320. The van der Waals surface area contributed by atoms with Gasteiger partial charge in [-0.15, -0.1) is 24.0 Å². The molecule has 0 saturated carbocycles. The van der Waals surface area contributed by atoms with Gasteiger partial charge in [-0.05, 0) is 6.07 Å². The Kier molecular flexibility index (Phi) is 9.14. The molecule has 0 radical (unpaired) electrons. The number of pyridine rings is 1. The van der Waals surface area contributed by atoms with Crippen LogP contribution in [0, 0.1) is 0 Å². The van der Waals surface area contributed by atoms with E-state index >= 15 is 0 Å². The van der Waals surface area contributed by atoms with Crippen LogP contribution in [-0.4, -0.2) is 71.9 Å². The third-order valence-electron chi connectivity index (χ3n) is 4.42. The summed E-state index contributed by atoms with van der Waals surface area (Å²) in [5.41, 5.74) is 1.42. The van der Waals surface area contributed by atoms with Gasteiger partial charge in [0, 0.05) is 64.1 Å². The van der Waals surface area contributed by atoms with Gasteiger partial charge in [-0.3, -0.25) is 9.89 Å². The number of ether oxygens (including phenoxy) is 1. The molecule has 1 N–H and O–H groups in total. The van der Waals surface area contributed by atoms with E-state index in [1.165, 1.54) is 6.20 Å². The van der Waals surface area contributed by atoms with Gasteiger partial charge in [0.15, 0.2) is 12.6 Å². The zero-order valence-corrected chi connectivity index (χ0v) is 18.8. The molecule has 3 rings (SSSR count). The molecule has 2 aromatic heterocycles. The fourth-order valence-electron chi connectivity index (χ4n) is 3.01. The van der Waals surface area contributed by atoms with E-state index in [9.17, 15) is 13.2 Å². The molecule has 12 heteroatoms. The Morgan fingerprint density at radius 3 is 2.67 bits per heavy atom. The minimum atomic E-state index is -4.41. The summed E-state index contributed by atoms with van der Waals surface area (Å²) in [6.45, 7) is 2.81. The summed E-state index contributed by atoms with van der Waals surface area (Å²) in [5.74, 6) is 0.641. The van der Waals surface area contributed by atoms with E-state index in [0.29, 0.717) is 11.5 Å². The van der Waals surface area contributed by atoms with Crippen molar-refractivity contribution < 1.29 is 22.4 Å². The molecule has 1 saturated heterocycles. The zero-order chi connectivity index (χ0) is 20.7. The molecule has 0 bridgehead atoms. The Morgan fingerprint density at radius 1 is 1.27 bits per heavy atom. The largest absolute Gasteiger partial charge is 0.468 e. The molecule has 2 aromatic rings. The maximum Gasteiger partial charge on any atom is 0.422 e. The molecule has 0 aromatic carbocycles. The number of hydrogen-bond donors (Lipinski definition) is 1. The van der Waals surface area contributed by atoms with Crippen LogP contribution in [-0.2, 0) is 13.1 Å². The normalized spacial score (nSPS) is 15.6. The summed E-state index contributed by atoms with van der Waals surface area (Å²) in [5, 5.41) is 7.11. The fraction of sp³-hybridized carbons (Fsp3) is 0.500. The lowest BCUT2D eigenvalue weighted by atomic mass is 10.2. The number of aliphatic imine (C=N–C) groups is 1. The summed E-state index contributed by atoms with van der Waals surface area (Å²) in [4.78, 5) is 12.6. The molecule has 166 valence electrons. The van der Waals surface area contributed by atoms with E-state index in [0.717, 1.165) is 38.4 Å². The van der Waals surface area contributed by atoms with Crippen LogP contribution in [0.2, 0.25) is 0 Å². The second-order valence-electron chi connectivity index (χ2n) is 6.53. The van der Waals surface area contributed by atoms with Crippen LogP contribution in [0.5, 0.6) is 5.88 Å². The molecule has 0 aliphatic carbocycles. The van der Waals surface area contributed by atoms with Gasteiger partial charge in [0.05, 0.1) is 5.69 Å². The highest BCUT2D eigenvalue weighted by atomic mass is 127. The average molecular weight is 540 g/mol. The predicted octanol–water partition coefficient (Wildman–Crippen LogP) is 2.52. The van der Waals surface area contributed by atoms with Gasteiger partial charge in [0.25, 0.3) is 0 Å². The molecule has 1 aliphatic heterocycles. The van der Waals surface area contributed by atoms with Crippen LogP contribution in [0.1, 0.15) is 11.3 Å². The zero-order valence-electron chi connectivity index (χ0n) is 16.4. The molecule has 30 heavy (non-hydrogen) atoms. The molecule has 0 unspecified atom stereocenters. The molecule has 3 heterocycles. The second-order valence-corrected chi connectivity index (χ2v) is 6.53. The monoisotopic (exact) mass is 540 g/mol. The van der Waals surface area contributed by atoms with E-state index in [1.54, 1.807) is 25.4 Å². The van der Waals surface area contributed by atoms with Crippen LogP contribution in [0.25, 0.3) is 0 Å². The van der Waals surface area contributed by atoms with Crippen LogP contribution in [0.3, 0.4) is 0 Å². The van der Waals surface area contributed by atoms with E-state index in [2.05, 4.69) is 30.2 Å². The van der Waals surface area contributed by atoms with E-state index in [4.69, 9.17) is 9.26 Å². The van der Waals surface area contributed by atoms with Crippen molar-refractivity contribution in [2.24, 2.45) is 4.99 Å². The maximum atomic E-state index is 12.4. The van der Waals surface area contributed by atoms with Crippen molar-refractivity contribution in [3.05, 3.63) is 41.9 Å². The minimum Gasteiger partial charge on any atom is -0.468 e. The lowest BCUT2D eigenvalue weighted by Gasteiger charge is -2.36. The first-order valence-electron chi connectivity index (χ1n) is 9.15. The van der Waals surface area contributed by atoms with Crippen molar-refractivity contribution in [1.82, 2.24) is 25.3 Å². The molecule has 0 spiro atoms. The average Bonchev–Trinajstić information content (AvgIpc) is 3.21. The molecular weight excluding hydrogens is 516 g/mol. The van der Waals surface area contributed by atoms with Crippen molar-refractivity contribution in [3.63, 3.8) is 0 Å². The van der Waals surface area contributed by atoms with Crippen LogP contribution < -0.4 is 10.1 Å². The fourth-order valence-corrected chi connectivity index (χ4v) is 3.01. The lowest BCUT2D eigenvalue weighted by Crippen LogP contribution is -2.52. The SMILES string of the molecule is CN=C(NCc1cccnc1OCC(F)(F)F)N1CCN(Cc2ccon2)CC1.I. The van der Waals surface area contributed by atoms with Gasteiger partial charge in [-0.25, -0.2) is 4.98 Å². The molecular formula is C18H24F3IN6O2. The van der Waals surface area contributed by atoms with Crippen molar-refractivity contribution >= 4 is 29.9 Å². The van der Waals surface area contributed by atoms with Gasteiger partial charge >= 0.3 is 6.18 Å². The van der Waals surface area contributed by atoms with Crippen molar-refractivity contribution in [1.29, 1.82) is 0 Å². The smallest absolute Gasteiger partial charge is 0.422 e. The summed E-state index contributed by atoms with van der Waals surface area (Å²) >= 11 is 0. The molecule has 1 aliphatic rings. The standard InChI is InChI=1S/C18H23F3N6O2.HI/c1-22-17(27-8-6-26(7-9-27)12-15-4-10-29-25-15)24-11-14-3-2-5-23-16(14)28-13-18(19,20)21;/h2-5,10H,6-9,11-13H2,1H3,(H,22,24);1H. The quantitative estimate of drug-likeness (QED) is 0.343. The van der Waals surface area contributed by atoms with E-state index < -0.39 is 12.8 Å². The van der Waals surface area contributed by atoms with Crippen molar-refractivity contribution in [2.75, 3.05) is 39.8 Å². The Hall–Kier alpha value is -2.09. The first kappa shape index (κ1) is 24.2. The van der Waals surface area contributed by atoms with Gasteiger partial charge in [0.2, 0.25) is 5.88 Å². The molecule has 8 nitrogen and oxygen atoms in total. The van der Waals surface area contributed by atoms with Gasteiger partial charge < -0.3 is 19.5 Å². The topological polar surface area (TPSA) is 79.0 Å². The van der Waals surface area contributed by atoms with Crippen LogP contribution >= 0.6 is 24.0 Å². The second kappa shape index (κ2) is 11.3. The van der Waals surface area contributed by atoms with E-state index in [-0.39, 0.29) is 36.4 Å². The Labute approximate surface area is 189 Å². The third kappa shape index (κ3) is 7.31. The summed E-state index contributed by atoms with van der Waals surface area (Å²) in [7, 11) is 1.68. The molecule has 1 fully saturated rings. The third-order valence-corrected chi connectivity index (χ3v) is 4.42. The van der Waals surface area contributed by atoms with Gasteiger partial charge in [0.1, 0.15) is 6.26 Å². The number of halogens is 4.